The highest BCUT2D eigenvalue weighted by Crippen LogP contribution is 2.34. The number of nitrogens with zero attached hydrogens (tertiary/aromatic N) is 6. The lowest BCUT2D eigenvalue weighted by atomic mass is 10.0. The van der Waals surface area contributed by atoms with Gasteiger partial charge in [0.15, 0.2) is 0 Å². The van der Waals surface area contributed by atoms with Crippen LogP contribution in [-0.2, 0) is 4.74 Å². The van der Waals surface area contributed by atoms with Gasteiger partial charge >= 0.3 is 6.09 Å². The van der Waals surface area contributed by atoms with Gasteiger partial charge in [-0.1, -0.05) is 19.9 Å². The van der Waals surface area contributed by atoms with Gasteiger partial charge in [0.25, 0.3) is 0 Å². The first-order valence-corrected chi connectivity index (χ1v) is 14.2. The summed E-state index contributed by atoms with van der Waals surface area (Å²) < 4.78 is 16.1. The molecule has 5 heterocycles. The SMILES string of the molecule is CC.Cc1c(-c2cc(OC(C)c3ccccn3)n3c(C)cnc3c2)cnn1C1CCN(C(=O)OC(C)(C)C)CC1. The van der Waals surface area contributed by atoms with Gasteiger partial charge in [-0.15, -0.1) is 0 Å². The lowest BCUT2D eigenvalue weighted by Gasteiger charge is -2.33. The van der Waals surface area contributed by atoms with Gasteiger partial charge in [0, 0.05) is 48.5 Å². The van der Waals surface area contributed by atoms with Gasteiger partial charge in [-0.2, -0.15) is 5.10 Å². The minimum Gasteiger partial charge on any atom is -0.469 e. The molecular weight excluding hydrogens is 504 g/mol. The number of carbonyl (C=O) groups excluding carboxylic acids is 1. The molecule has 1 aliphatic rings. The fourth-order valence-electron chi connectivity index (χ4n) is 5.02. The van der Waals surface area contributed by atoms with Crippen LogP contribution in [0.25, 0.3) is 16.8 Å². The summed E-state index contributed by atoms with van der Waals surface area (Å²) in [5.74, 6) is 0.712. The number of ether oxygens (including phenoxy) is 2. The van der Waals surface area contributed by atoms with Gasteiger partial charge in [-0.25, -0.2) is 9.78 Å². The molecule has 4 aromatic rings. The third-order valence-electron chi connectivity index (χ3n) is 6.97. The first-order valence-electron chi connectivity index (χ1n) is 14.2. The summed E-state index contributed by atoms with van der Waals surface area (Å²) in [5.41, 5.74) is 5.32. The van der Waals surface area contributed by atoms with Crippen molar-refractivity contribution in [2.45, 2.75) is 86.0 Å². The second kappa shape index (κ2) is 12.1. The van der Waals surface area contributed by atoms with E-state index < -0.39 is 5.60 Å². The maximum absolute atomic E-state index is 12.5. The van der Waals surface area contributed by atoms with Gasteiger partial charge in [0.2, 0.25) is 5.88 Å². The predicted octanol–water partition coefficient (Wildman–Crippen LogP) is 6.95. The minimum atomic E-state index is -0.492. The fourth-order valence-corrected chi connectivity index (χ4v) is 5.02. The molecule has 40 heavy (non-hydrogen) atoms. The molecule has 4 aromatic heterocycles. The van der Waals surface area contributed by atoms with E-state index in [1.807, 2.05) is 83.5 Å². The number of likely N-dealkylation sites (tertiary alicyclic amines) is 1. The predicted molar refractivity (Wildman–Crippen MR) is 157 cm³/mol. The van der Waals surface area contributed by atoms with Crippen LogP contribution in [0.3, 0.4) is 0 Å². The molecular formula is C31H42N6O3. The largest absolute Gasteiger partial charge is 0.469 e. The number of aryl methyl sites for hydroxylation is 1. The van der Waals surface area contributed by atoms with Crippen molar-refractivity contribution in [2.75, 3.05) is 13.1 Å². The molecule has 1 amide bonds. The van der Waals surface area contributed by atoms with Crippen LogP contribution < -0.4 is 4.74 Å². The van der Waals surface area contributed by atoms with E-state index in [-0.39, 0.29) is 18.2 Å². The maximum atomic E-state index is 12.5. The van der Waals surface area contributed by atoms with Crippen molar-refractivity contribution in [1.29, 1.82) is 0 Å². The number of imidazole rings is 1. The second-order valence-corrected chi connectivity index (χ2v) is 11.0. The highest BCUT2D eigenvalue weighted by molar-refractivity contribution is 5.71. The van der Waals surface area contributed by atoms with E-state index in [9.17, 15) is 4.79 Å². The monoisotopic (exact) mass is 546 g/mol. The van der Waals surface area contributed by atoms with Crippen LogP contribution in [0.2, 0.25) is 0 Å². The maximum Gasteiger partial charge on any atom is 0.410 e. The van der Waals surface area contributed by atoms with Gasteiger partial charge in [-0.05, 0) is 78.1 Å². The van der Waals surface area contributed by atoms with Crippen LogP contribution in [0.15, 0.2) is 48.9 Å². The third kappa shape index (κ3) is 6.29. The topological polar surface area (TPSA) is 86.8 Å². The van der Waals surface area contributed by atoms with Gasteiger partial charge in [-0.3, -0.25) is 14.1 Å². The Morgan fingerprint density at radius 2 is 1.77 bits per heavy atom. The van der Waals surface area contributed by atoms with Crippen LogP contribution in [-0.4, -0.2) is 53.8 Å². The Hall–Kier alpha value is -3.88. The molecule has 9 nitrogen and oxygen atoms in total. The highest BCUT2D eigenvalue weighted by Gasteiger charge is 2.29. The molecule has 5 rings (SSSR count). The molecule has 1 aliphatic heterocycles. The summed E-state index contributed by atoms with van der Waals surface area (Å²) in [6, 6.07) is 10.2. The number of amides is 1. The number of rotatable bonds is 5. The Labute approximate surface area is 237 Å². The fraction of sp³-hybridized carbons (Fsp3) is 0.484. The molecule has 9 heteroatoms. The van der Waals surface area contributed by atoms with E-state index in [1.165, 1.54) is 0 Å². The number of hydrogen-bond acceptors (Lipinski definition) is 6. The smallest absolute Gasteiger partial charge is 0.410 e. The lowest BCUT2D eigenvalue weighted by Crippen LogP contribution is -2.42. The summed E-state index contributed by atoms with van der Waals surface area (Å²) in [6.45, 7) is 17.1. The molecule has 0 bridgehead atoms. The van der Waals surface area contributed by atoms with E-state index >= 15 is 0 Å². The Morgan fingerprint density at radius 1 is 1.05 bits per heavy atom. The van der Waals surface area contributed by atoms with E-state index in [0.29, 0.717) is 19.0 Å². The van der Waals surface area contributed by atoms with Crippen molar-refractivity contribution < 1.29 is 14.3 Å². The lowest BCUT2D eigenvalue weighted by molar-refractivity contribution is 0.0184. The third-order valence-corrected chi connectivity index (χ3v) is 6.97. The standard InChI is InChI=1S/C29H36N6O3.C2H6/c1-19-17-31-26-15-22(16-27(34(19)26)37-21(3)25-9-7-8-12-30-25)24-18-32-35(20(24)2)23-10-13-33(14-11-23)28(36)38-29(4,5)6;1-2/h7-9,12,15-18,21,23H,10-11,13-14H2,1-6H3;1-2H3. The first kappa shape index (κ1) is 29.1. The summed E-state index contributed by atoms with van der Waals surface area (Å²) in [5, 5.41) is 4.77. The molecule has 1 fully saturated rings. The van der Waals surface area contributed by atoms with Gasteiger partial charge < -0.3 is 14.4 Å². The summed E-state index contributed by atoms with van der Waals surface area (Å²) in [4.78, 5) is 23.3. The number of aromatic nitrogens is 5. The van der Waals surface area contributed by atoms with Crippen LogP contribution in [0.1, 0.15) is 83.6 Å². The molecule has 1 unspecified atom stereocenters. The molecule has 0 spiro atoms. The van der Waals surface area contributed by atoms with Crippen molar-refractivity contribution in [2.24, 2.45) is 0 Å². The summed E-state index contributed by atoms with van der Waals surface area (Å²) in [7, 11) is 0. The van der Waals surface area contributed by atoms with Gasteiger partial charge in [0.1, 0.15) is 17.4 Å². The molecule has 0 aromatic carbocycles. The Kier molecular flexibility index (Phi) is 8.81. The number of hydrogen-bond donors (Lipinski definition) is 0. The van der Waals surface area contributed by atoms with Crippen LogP contribution in [0, 0.1) is 13.8 Å². The zero-order chi connectivity index (χ0) is 29.0. The average molecular weight is 547 g/mol. The summed E-state index contributed by atoms with van der Waals surface area (Å²) in [6.07, 6.45) is 6.74. The molecule has 0 radical (unpaired) electrons. The van der Waals surface area contributed by atoms with Crippen molar-refractivity contribution in [3.8, 4) is 17.0 Å². The zero-order valence-electron chi connectivity index (χ0n) is 25.0. The molecule has 1 saturated heterocycles. The van der Waals surface area contributed by atoms with Crippen molar-refractivity contribution in [3.05, 3.63) is 66.0 Å². The summed E-state index contributed by atoms with van der Waals surface area (Å²) >= 11 is 0. The molecule has 0 aliphatic carbocycles. The Morgan fingerprint density at radius 3 is 2.42 bits per heavy atom. The second-order valence-electron chi connectivity index (χ2n) is 11.0. The van der Waals surface area contributed by atoms with Gasteiger partial charge in [0.05, 0.1) is 17.9 Å². The Balaban J connectivity index is 0.00000181. The van der Waals surface area contributed by atoms with E-state index in [2.05, 4.69) is 33.7 Å². The zero-order valence-corrected chi connectivity index (χ0v) is 25.0. The van der Waals surface area contributed by atoms with E-state index in [1.54, 1.807) is 11.1 Å². The van der Waals surface area contributed by atoms with Crippen LogP contribution in [0.5, 0.6) is 5.88 Å². The molecule has 0 N–H and O–H groups in total. The highest BCUT2D eigenvalue weighted by atomic mass is 16.6. The first-order chi connectivity index (χ1) is 19.1. The molecule has 0 saturated carbocycles. The average Bonchev–Trinajstić information content (AvgIpc) is 3.51. The van der Waals surface area contributed by atoms with Crippen LogP contribution >= 0.6 is 0 Å². The molecule has 214 valence electrons. The normalized spacial score (nSPS) is 14.9. The number of fused-ring (bicyclic) bond motifs is 1. The van der Waals surface area contributed by atoms with E-state index in [0.717, 1.165) is 46.7 Å². The number of pyridine rings is 2. The number of carbonyl (C=O) groups is 1. The van der Waals surface area contributed by atoms with Crippen molar-refractivity contribution in [1.82, 2.24) is 29.0 Å². The molecule has 1 atom stereocenters. The minimum absolute atomic E-state index is 0.222. The van der Waals surface area contributed by atoms with Crippen molar-refractivity contribution >= 4 is 11.7 Å². The Bertz CT molecular complexity index is 1430. The number of piperidine rings is 1. The quantitative estimate of drug-likeness (QED) is 0.269. The van der Waals surface area contributed by atoms with Crippen molar-refractivity contribution in [3.63, 3.8) is 0 Å². The van der Waals surface area contributed by atoms with Crippen LogP contribution in [0.4, 0.5) is 4.79 Å². The van der Waals surface area contributed by atoms with E-state index in [4.69, 9.17) is 14.6 Å².